The van der Waals surface area contributed by atoms with Gasteiger partial charge in [-0.3, -0.25) is 5.32 Å². The molecule has 0 spiro atoms. The summed E-state index contributed by atoms with van der Waals surface area (Å²) in [4.78, 5) is 11.9. The number of aliphatic hydroxyl groups is 1. The third-order valence-corrected chi connectivity index (χ3v) is 4.31. The van der Waals surface area contributed by atoms with E-state index in [1.807, 2.05) is 6.07 Å². The van der Waals surface area contributed by atoms with Crippen LogP contribution in [0.2, 0.25) is 0 Å². The highest BCUT2D eigenvalue weighted by Crippen LogP contribution is 2.29. The average Bonchev–Trinajstić information content (AvgIpc) is 2.59. The van der Waals surface area contributed by atoms with Crippen molar-refractivity contribution in [3.05, 3.63) is 64.7 Å². The van der Waals surface area contributed by atoms with Gasteiger partial charge in [0.1, 0.15) is 6.61 Å². The van der Waals surface area contributed by atoms with Crippen LogP contribution in [0.1, 0.15) is 28.7 Å². The molecule has 4 nitrogen and oxygen atoms in total. The van der Waals surface area contributed by atoms with Gasteiger partial charge in [0.2, 0.25) is 0 Å². The lowest BCUT2D eigenvalue weighted by molar-refractivity contribution is -0.137. The fourth-order valence-corrected chi connectivity index (χ4v) is 2.91. The molecule has 2 aromatic carbocycles. The molecule has 0 saturated heterocycles. The van der Waals surface area contributed by atoms with Crippen molar-refractivity contribution >= 4 is 11.8 Å². The van der Waals surface area contributed by atoms with Gasteiger partial charge < -0.3 is 9.84 Å². The standard InChI is InChI=1S/C19H18F3NO3/c20-19(21,22)15-5-1-12(2-6-15)11-26-18(25)23-16-7-3-13-4-8-17(24)10-14(13)9-16/h1-3,5-7,9,17,24H,4,8,10-11H2,(H,23,25). The van der Waals surface area contributed by atoms with E-state index in [9.17, 15) is 23.1 Å². The second-order valence-corrected chi connectivity index (χ2v) is 6.28. The number of rotatable bonds is 3. The average molecular weight is 365 g/mol. The van der Waals surface area contributed by atoms with Crippen molar-refractivity contribution in [1.29, 1.82) is 0 Å². The van der Waals surface area contributed by atoms with Crippen LogP contribution in [-0.4, -0.2) is 17.3 Å². The molecule has 0 aliphatic heterocycles. The molecule has 0 bridgehead atoms. The Labute approximate surface area is 148 Å². The maximum Gasteiger partial charge on any atom is 0.416 e. The molecule has 3 rings (SSSR count). The van der Waals surface area contributed by atoms with Gasteiger partial charge in [0, 0.05) is 5.69 Å². The summed E-state index contributed by atoms with van der Waals surface area (Å²) in [6.45, 7) is -0.131. The Morgan fingerprint density at radius 2 is 1.88 bits per heavy atom. The molecule has 7 heteroatoms. The van der Waals surface area contributed by atoms with Gasteiger partial charge in [-0.2, -0.15) is 13.2 Å². The van der Waals surface area contributed by atoms with Crippen molar-refractivity contribution < 1.29 is 27.8 Å². The first-order chi connectivity index (χ1) is 12.3. The van der Waals surface area contributed by atoms with E-state index in [-0.39, 0.29) is 12.7 Å². The minimum atomic E-state index is -4.39. The largest absolute Gasteiger partial charge is 0.444 e. The van der Waals surface area contributed by atoms with Crippen LogP contribution >= 0.6 is 0 Å². The highest BCUT2D eigenvalue weighted by molar-refractivity contribution is 5.84. The number of halogens is 3. The first-order valence-electron chi connectivity index (χ1n) is 8.21. The van der Waals surface area contributed by atoms with Crippen LogP contribution in [0.3, 0.4) is 0 Å². The Kier molecular flexibility index (Phi) is 5.18. The molecule has 1 amide bonds. The monoisotopic (exact) mass is 365 g/mol. The van der Waals surface area contributed by atoms with E-state index in [1.165, 1.54) is 12.1 Å². The second kappa shape index (κ2) is 7.37. The minimum absolute atomic E-state index is 0.131. The molecule has 0 saturated carbocycles. The van der Waals surface area contributed by atoms with Crippen molar-refractivity contribution in [3.8, 4) is 0 Å². The van der Waals surface area contributed by atoms with Gasteiger partial charge in [-0.15, -0.1) is 0 Å². The molecule has 1 aliphatic rings. The smallest absolute Gasteiger partial charge is 0.416 e. The van der Waals surface area contributed by atoms with Crippen LogP contribution in [0.25, 0.3) is 0 Å². The van der Waals surface area contributed by atoms with Gasteiger partial charge in [0.05, 0.1) is 11.7 Å². The number of benzene rings is 2. The second-order valence-electron chi connectivity index (χ2n) is 6.28. The highest BCUT2D eigenvalue weighted by Gasteiger charge is 2.29. The lowest BCUT2D eigenvalue weighted by Gasteiger charge is -2.21. The van der Waals surface area contributed by atoms with Crippen LogP contribution in [-0.2, 0) is 30.4 Å². The molecule has 138 valence electrons. The molecule has 0 fully saturated rings. The SMILES string of the molecule is O=C(Nc1ccc2c(c1)CC(O)CC2)OCc1ccc(C(F)(F)F)cc1. The first-order valence-corrected chi connectivity index (χ1v) is 8.21. The van der Waals surface area contributed by atoms with Gasteiger partial charge in [0.15, 0.2) is 0 Å². The Bertz CT molecular complexity index is 788. The summed E-state index contributed by atoms with van der Waals surface area (Å²) >= 11 is 0. The summed E-state index contributed by atoms with van der Waals surface area (Å²) in [5, 5.41) is 12.3. The third kappa shape index (κ3) is 4.54. The number of ether oxygens (including phenoxy) is 1. The van der Waals surface area contributed by atoms with Crippen LogP contribution in [0.5, 0.6) is 0 Å². The fraction of sp³-hybridized carbons (Fsp3) is 0.316. The molecule has 1 unspecified atom stereocenters. The summed E-state index contributed by atoms with van der Waals surface area (Å²) in [7, 11) is 0. The lowest BCUT2D eigenvalue weighted by atomic mass is 9.89. The van der Waals surface area contributed by atoms with Gasteiger partial charge in [-0.25, -0.2) is 4.79 Å². The molecular weight excluding hydrogens is 347 g/mol. The number of alkyl halides is 3. The zero-order valence-corrected chi connectivity index (χ0v) is 13.8. The molecular formula is C19H18F3NO3. The number of carbonyl (C=O) groups is 1. The maximum atomic E-state index is 12.5. The van der Waals surface area contributed by atoms with Crippen LogP contribution in [0.4, 0.5) is 23.7 Å². The normalized spacial score (nSPS) is 16.7. The number of hydrogen-bond acceptors (Lipinski definition) is 3. The van der Waals surface area contributed by atoms with Crippen molar-refractivity contribution in [3.63, 3.8) is 0 Å². The van der Waals surface area contributed by atoms with E-state index in [4.69, 9.17) is 4.74 Å². The molecule has 1 aliphatic carbocycles. The predicted molar refractivity (Wildman–Crippen MR) is 89.7 cm³/mol. The van der Waals surface area contributed by atoms with Gasteiger partial charge in [0.25, 0.3) is 0 Å². The fourth-order valence-electron chi connectivity index (χ4n) is 2.91. The first kappa shape index (κ1) is 18.3. The van der Waals surface area contributed by atoms with E-state index in [1.54, 1.807) is 12.1 Å². The van der Waals surface area contributed by atoms with E-state index < -0.39 is 17.8 Å². The van der Waals surface area contributed by atoms with Crippen molar-refractivity contribution in [2.75, 3.05) is 5.32 Å². The molecule has 0 heterocycles. The number of aliphatic hydroxyl groups excluding tert-OH is 1. The zero-order chi connectivity index (χ0) is 18.7. The Morgan fingerprint density at radius 1 is 1.15 bits per heavy atom. The quantitative estimate of drug-likeness (QED) is 0.852. The summed E-state index contributed by atoms with van der Waals surface area (Å²) in [5.74, 6) is 0. The van der Waals surface area contributed by atoms with E-state index >= 15 is 0 Å². The van der Waals surface area contributed by atoms with Gasteiger partial charge in [-0.1, -0.05) is 18.2 Å². The summed E-state index contributed by atoms with van der Waals surface area (Å²) in [5.41, 5.74) is 2.40. The lowest BCUT2D eigenvalue weighted by Crippen LogP contribution is -2.19. The van der Waals surface area contributed by atoms with Crippen molar-refractivity contribution in [2.45, 2.75) is 38.1 Å². The van der Waals surface area contributed by atoms with Crippen LogP contribution in [0.15, 0.2) is 42.5 Å². The van der Waals surface area contributed by atoms with E-state index in [0.717, 1.165) is 36.1 Å². The number of hydrogen-bond donors (Lipinski definition) is 2. The van der Waals surface area contributed by atoms with E-state index in [0.29, 0.717) is 17.7 Å². The predicted octanol–water partition coefficient (Wildman–Crippen LogP) is 4.30. The highest BCUT2D eigenvalue weighted by atomic mass is 19.4. The Morgan fingerprint density at radius 3 is 2.58 bits per heavy atom. The van der Waals surface area contributed by atoms with Gasteiger partial charge >= 0.3 is 12.3 Å². The van der Waals surface area contributed by atoms with Crippen LogP contribution in [0, 0.1) is 0 Å². The number of fused-ring (bicyclic) bond motifs is 1. The summed E-state index contributed by atoms with van der Waals surface area (Å²) in [6.07, 6.45) is -3.38. The molecule has 2 N–H and O–H groups in total. The number of amides is 1. The molecule has 1 atom stereocenters. The molecule has 0 aromatic heterocycles. The Balaban J connectivity index is 1.55. The molecule has 26 heavy (non-hydrogen) atoms. The van der Waals surface area contributed by atoms with E-state index in [2.05, 4.69) is 5.32 Å². The summed E-state index contributed by atoms with van der Waals surface area (Å²) in [6, 6.07) is 9.92. The number of carbonyl (C=O) groups excluding carboxylic acids is 1. The minimum Gasteiger partial charge on any atom is -0.444 e. The third-order valence-electron chi connectivity index (χ3n) is 4.31. The van der Waals surface area contributed by atoms with Crippen molar-refractivity contribution in [1.82, 2.24) is 0 Å². The van der Waals surface area contributed by atoms with Gasteiger partial charge in [-0.05, 0) is 60.2 Å². The number of nitrogens with one attached hydrogen (secondary N) is 1. The summed E-state index contributed by atoms with van der Waals surface area (Å²) < 4.78 is 42.6. The molecule has 0 radical (unpaired) electrons. The zero-order valence-electron chi connectivity index (χ0n) is 13.8. The topological polar surface area (TPSA) is 58.6 Å². The van der Waals surface area contributed by atoms with Crippen molar-refractivity contribution in [2.24, 2.45) is 0 Å². The Hall–Kier alpha value is -2.54. The maximum absolute atomic E-state index is 12.5. The van der Waals surface area contributed by atoms with Crippen LogP contribution < -0.4 is 5.32 Å². The molecule has 2 aromatic rings. The number of aryl methyl sites for hydroxylation is 1. The number of anilines is 1.